The summed E-state index contributed by atoms with van der Waals surface area (Å²) >= 11 is 0. The van der Waals surface area contributed by atoms with E-state index in [4.69, 9.17) is 4.74 Å². The van der Waals surface area contributed by atoms with Gasteiger partial charge in [-0.15, -0.1) is 0 Å². The molecule has 172 valence electrons. The van der Waals surface area contributed by atoms with Crippen molar-refractivity contribution in [3.63, 3.8) is 0 Å². The Bertz CT molecular complexity index is 1110. The van der Waals surface area contributed by atoms with Gasteiger partial charge < -0.3 is 19.8 Å². The van der Waals surface area contributed by atoms with Gasteiger partial charge in [0.05, 0.1) is 6.20 Å². The third kappa shape index (κ3) is 4.31. The van der Waals surface area contributed by atoms with Crippen molar-refractivity contribution in [1.29, 1.82) is 0 Å². The lowest BCUT2D eigenvalue weighted by molar-refractivity contribution is -0.124. The van der Waals surface area contributed by atoms with E-state index in [2.05, 4.69) is 18.8 Å². The van der Waals surface area contributed by atoms with Gasteiger partial charge in [-0.05, 0) is 28.7 Å². The zero-order chi connectivity index (χ0) is 23.6. The van der Waals surface area contributed by atoms with Crippen molar-refractivity contribution in [2.75, 3.05) is 13.1 Å². The standard InChI is InChI=1S/C27H30N2O4/c1-19(2)21-9-11-22(12-10-21)27(32,26(3)17-29(18-26)25(30)31)23-13-24(15-28-14-23)33-16-20-7-5-4-6-8-20/h4-15,19,32H,16-18H2,1-3H3,(H,30,31). The minimum absolute atomic E-state index is 0.222. The van der Waals surface area contributed by atoms with Gasteiger partial charge in [-0.1, -0.05) is 75.4 Å². The lowest BCUT2D eigenvalue weighted by Crippen LogP contribution is -2.66. The first-order chi connectivity index (χ1) is 15.7. The molecule has 0 aliphatic carbocycles. The summed E-state index contributed by atoms with van der Waals surface area (Å²) in [6.45, 7) is 6.99. The first kappa shape index (κ1) is 22.8. The molecule has 1 saturated heterocycles. The van der Waals surface area contributed by atoms with E-state index in [9.17, 15) is 15.0 Å². The molecule has 1 unspecified atom stereocenters. The van der Waals surface area contributed by atoms with Gasteiger partial charge >= 0.3 is 6.09 Å². The van der Waals surface area contributed by atoms with E-state index < -0.39 is 17.1 Å². The highest BCUT2D eigenvalue weighted by Gasteiger charge is 2.57. The topological polar surface area (TPSA) is 82.9 Å². The lowest BCUT2D eigenvalue weighted by Gasteiger charge is -2.55. The molecular weight excluding hydrogens is 416 g/mol. The fourth-order valence-corrected chi connectivity index (χ4v) is 4.57. The van der Waals surface area contributed by atoms with Crippen molar-refractivity contribution in [3.05, 3.63) is 95.3 Å². The van der Waals surface area contributed by atoms with E-state index in [1.165, 1.54) is 10.5 Å². The number of hydrogen-bond acceptors (Lipinski definition) is 4. The second-order valence-corrected chi connectivity index (χ2v) is 9.37. The second kappa shape index (κ2) is 8.87. The Hall–Kier alpha value is -3.38. The first-order valence-corrected chi connectivity index (χ1v) is 11.2. The molecule has 1 aliphatic heterocycles. The Labute approximate surface area is 194 Å². The summed E-state index contributed by atoms with van der Waals surface area (Å²) in [5, 5.41) is 21.7. The number of aliphatic hydroxyl groups is 1. The molecule has 2 aromatic carbocycles. The summed E-state index contributed by atoms with van der Waals surface area (Å²) in [7, 11) is 0. The molecule has 1 atom stereocenters. The molecule has 1 amide bonds. The molecule has 4 rings (SSSR count). The predicted octanol–water partition coefficient (Wildman–Crippen LogP) is 5.02. The number of nitrogens with zero attached hydrogens (tertiary/aromatic N) is 2. The Morgan fingerprint density at radius 1 is 1.09 bits per heavy atom. The van der Waals surface area contributed by atoms with Crippen molar-refractivity contribution in [1.82, 2.24) is 9.88 Å². The van der Waals surface area contributed by atoms with Crippen LogP contribution in [0.4, 0.5) is 4.79 Å². The van der Waals surface area contributed by atoms with Gasteiger partial charge in [0.15, 0.2) is 0 Å². The SMILES string of the molecule is CC(C)c1ccc(C(O)(c2cncc(OCc3ccccc3)c2)C2(C)CN(C(=O)O)C2)cc1. The van der Waals surface area contributed by atoms with Crippen molar-refractivity contribution in [3.8, 4) is 5.75 Å². The number of hydrogen-bond donors (Lipinski definition) is 2. The fourth-order valence-electron chi connectivity index (χ4n) is 4.57. The van der Waals surface area contributed by atoms with Crippen molar-refractivity contribution in [2.24, 2.45) is 5.41 Å². The largest absolute Gasteiger partial charge is 0.487 e. The third-order valence-corrected chi connectivity index (χ3v) is 6.60. The minimum Gasteiger partial charge on any atom is -0.487 e. The highest BCUT2D eigenvalue weighted by molar-refractivity contribution is 5.67. The Morgan fingerprint density at radius 2 is 1.76 bits per heavy atom. The Balaban J connectivity index is 1.70. The molecule has 0 saturated carbocycles. The number of aromatic nitrogens is 1. The molecule has 2 heterocycles. The first-order valence-electron chi connectivity index (χ1n) is 11.2. The zero-order valence-corrected chi connectivity index (χ0v) is 19.2. The Kier molecular flexibility index (Phi) is 6.13. The van der Waals surface area contributed by atoms with E-state index in [0.29, 0.717) is 29.4 Å². The highest BCUT2D eigenvalue weighted by Crippen LogP contribution is 2.51. The van der Waals surface area contributed by atoms with Gasteiger partial charge in [-0.3, -0.25) is 4.98 Å². The number of ether oxygens (including phenoxy) is 1. The summed E-state index contributed by atoms with van der Waals surface area (Å²) in [5.74, 6) is 0.914. The van der Waals surface area contributed by atoms with Gasteiger partial charge in [0.1, 0.15) is 18.0 Å². The smallest absolute Gasteiger partial charge is 0.407 e. The molecule has 6 nitrogen and oxygen atoms in total. The van der Waals surface area contributed by atoms with Crippen LogP contribution in [0.25, 0.3) is 0 Å². The fraction of sp³-hybridized carbons (Fsp3) is 0.333. The van der Waals surface area contributed by atoms with Crippen molar-refractivity contribution in [2.45, 2.75) is 38.9 Å². The van der Waals surface area contributed by atoms with Crippen molar-refractivity contribution < 1.29 is 19.7 Å². The number of rotatable bonds is 7. The van der Waals surface area contributed by atoms with Gasteiger partial charge in [0.2, 0.25) is 0 Å². The number of likely N-dealkylation sites (tertiary alicyclic amines) is 1. The van der Waals surface area contributed by atoms with Crippen LogP contribution >= 0.6 is 0 Å². The zero-order valence-electron chi connectivity index (χ0n) is 19.2. The van der Waals surface area contributed by atoms with Crippen LogP contribution in [0.5, 0.6) is 5.75 Å². The van der Waals surface area contributed by atoms with E-state index in [1.54, 1.807) is 18.5 Å². The van der Waals surface area contributed by atoms with Gasteiger partial charge in [-0.2, -0.15) is 0 Å². The van der Waals surface area contributed by atoms with Crippen LogP contribution in [-0.4, -0.2) is 39.3 Å². The van der Waals surface area contributed by atoms with Crippen LogP contribution in [-0.2, 0) is 12.2 Å². The molecule has 2 N–H and O–H groups in total. The predicted molar refractivity (Wildman–Crippen MR) is 126 cm³/mol. The number of carbonyl (C=O) groups is 1. The van der Waals surface area contributed by atoms with E-state index in [1.807, 2.05) is 61.5 Å². The number of benzene rings is 2. The van der Waals surface area contributed by atoms with Crippen LogP contribution in [0.3, 0.4) is 0 Å². The monoisotopic (exact) mass is 446 g/mol. The molecule has 6 heteroatoms. The minimum atomic E-state index is -1.44. The maximum atomic E-state index is 12.3. The summed E-state index contributed by atoms with van der Waals surface area (Å²) in [6, 6.07) is 19.5. The van der Waals surface area contributed by atoms with Crippen LogP contribution in [0.15, 0.2) is 73.1 Å². The quantitative estimate of drug-likeness (QED) is 0.532. The molecule has 0 bridgehead atoms. The molecular formula is C27H30N2O4. The van der Waals surface area contributed by atoms with Gasteiger partial charge in [-0.25, -0.2) is 4.79 Å². The van der Waals surface area contributed by atoms with E-state index in [0.717, 1.165) is 5.56 Å². The summed E-state index contributed by atoms with van der Waals surface area (Å²) in [6.07, 6.45) is 2.28. The lowest BCUT2D eigenvalue weighted by atomic mass is 9.62. The average molecular weight is 447 g/mol. The summed E-state index contributed by atoms with van der Waals surface area (Å²) < 4.78 is 5.96. The summed E-state index contributed by atoms with van der Waals surface area (Å²) in [4.78, 5) is 17.1. The molecule has 1 aliphatic rings. The number of pyridine rings is 1. The number of amides is 1. The van der Waals surface area contributed by atoms with Crippen LogP contribution in [0.1, 0.15) is 48.9 Å². The van der Waals surface area contributed by atoms with Crippen LogP contribution in [0.2, 0.25) is 0 Å². The maximum absolute atomic E-state index is 12.3. The average Bonchev–Trinajstić information content (AvgIpc) is 2.81. The molecule has 0 radical (unpaired) electrons. The van der Waals surface area contributed by atoms with Crippen LogP contribution < -0.4 is 4.74 Å². The van der Waals surface area contributed by atoms with E-state index >= 15 is 0 Å². The molecule has 0 spiro atoms. The van der Waals surface area contributed by atoms with E-state index in [-0.39, 0.29) is 13.1 Å². The third-order valence-electron chi connectivity index (χ3n) is 6.60. The molecule has 1 fully saturated rings. The maximum Gasteiger partial charge on any atom is 0.407 e. The van der Waals surface area contributed by atoms with Gasteiger partial charge in [0, 0.05) is 30.3 Å². The molecule has 3 aromatic rings. The summed E-state index contributed by atoms with van der Waals surface area (Å²) in [5.41, 5.74) is 1.34. The van der Waals surface area contributed by atoms with Gasteiger partial charge in [0.25, 0.3) is 0 Å². The second-order valence-electron chi connectivity index (χ2n) is 9.37. The molecule has 1 aromatic heterocycles. The molecule has 33 heavy (non-hydrogen) atoms. The Morgan fingerprint density at radius 3 is 2.36 bits per heavy atom. The number of carboxylic acid groups (broad SMARTS) is 1. The van der Waals surface area contributed by atoms with Crippen LogP contribution in [0, 0.1) is 5.41 Å². The highest BCUT2D eigenvalue weighted by atomic mass is 16.5. The van der Waals surface area contributed by atoms with Crippen molar-refractivity contribution >= 4 is 6.09 Å². The normalized spacial score (nSPS) is 16.7.